The summed E-state index contributed by atoms with van der Waals surface area (Å²) in [6.07, 6.45) is 0. The van der Waals surface area contributed by atoms with Crippen LogP contribution in [0.5, 0.6) is 0 Å². The Bertz CT molecular complexity index is 377. The molecule has 0 bridgehead atoms. The lowest BCUT2D eigenvalue weighted by molar-refractivity contribution is 0.217. The molecular weight excluding hydrogens is 226 g/mol. The minimum atomic E-state index is -0.154. The maximum atomic E-state index is 11.7. The van der Waals surface area contributed by atoms with Gasteiger partial charge in [0.25, 0.3) is 0 Å². The molecule has 0 fully saturated rings. The van der Waals surface area contributed by atoms with E-state index in [1.54, 1.807) is 23.1 Å². The smallest absolute Gasteiger partial charge is 0.321 e. The quantitative estimate of drug-likeness (QED) is 0.800. The second kappa shape index (κ2) is 5.61. The Morgan fingerprint density at radius 1 is 1.44 bits per heavy atom. The zero-order valence-electron chi connectivity index (χ0n) is 9.46. The van der Waals surface area contributed by atoms with Crippen molar-refractivity contribution in [1.82, 2.24) is 4.90 Å². The van der Waals surface area contributed by atoms with Crippen LogP contribution in [0, 0.1) is 0 Å². The Labute approximate surface area is 100 Å². The molecule has 5 heteroatoms. The molecule has 0 aromatic heterocycles. The molecule has 0 aliphatic carbocycles. The van der Waals surface area contributed by atoms with Gasteiger partial charge in [0.1, 0.15) is 0 Å². The van der Waals surface area contributed by atoms with Crippen molar-refractivity contribution >= 4 is 29.0 Å². The standard InChI is InChI=1S/C11H16ClN3O/c1-3-15(4-2)11(16)14-10-6-5-8(12)7-9(10)13/h5-7H,3-4,13H2,1-2H3,(H,14,16). The third-order valence-corrected chi connectivity index (χ3v) is 2.54. The van der Waals surface area contributed by atoms with Crippen molar-refractivity contribution in [2.45, 2.75) is 13.8 Å². The molecule has 4 nitrogen and oxygen atoms in total. The molecule has 0 spiro atoms. The first kappa shape index (κ1) is 12.6. The molecule has 1 rings (SSSR count). The van der Waals surface area contributed by atoms with E-state index >= 15 is 0 Å². The van der Waals surface area contributed by atoms with Gasteiger partial charge in [0.05, 0.1) is 11.4 Å². The number of nitrogens with one attached hydrogen (secondary N) is 1. The van der Waals surface area contributed by atoms with E-state index in [1.165, 1.54) is 0 Å². The number of nitrogens with zero attached hydrogens (tertiary/aromatic N) is 1. The Hall–Kier alpha value is -1.42. The molecule has 16 heavy (non-hydrogen) atoms. The van der Waals surface area contributed by atoms with E-state index in [9.17, 15) is 4.79 Å². The van der Waals surface area contributed by atoms with Crippen LogP contribution < -0.4 is 11.1 Å². The molecule has 2 amide bonds. The number of nitrogen functional groups attached to an aromatic ring is 1. The van der Waals surface area contributed by atoms with Gasteiger partial charge in [0, 0.05) is 18.1 Å². The third-order valence-electron chi connectivity index (χ3n) is 2.31. The van der Waals surface area contributed by atoms with Gasteiger partial charge in [-0.05, 0) is 32.0 Å². The van der Waals surface area contributed by atoms with Crippen molar-refractivity contribution in [2.24, 2.45) is 0 Å². The Morgan fingerprint density at radius 2 is 2.06 bits per heavy atom. The van der Waals surface area contributed by atoms with E-state index in [2.05, 4.69) is 5.32 Å². The van der Waals surface area contributed by atoms with Gasteiger partial charge in [0.2, 0.25) is 0 Å². The van der Waals surface area contributed by atoms with Crippen LogP contribution in [-0.2, 0) is 0 Å². The van der Waals surface area contributed by atoms with Crippen LogP contribution in [0.15, 0.2) is 18.2 Å². The monoisotopic (exact) mass is 241 g/mol. The minimum absolute atomic E-state index is 0.154. The van der Waals surface area contributed by atoms with Crippen molar-refractivity contribution in [1.29, 1.82) is 0 Å². The van der Waals surface area contributed by atoms with Crippen molar-refractivity contribution in [3.05, 3.63) is 23.2 Å². The lowest BCUT2D eigenvalue weighted by Crippen LogP contribution is -2.34. The normalized spacial score (nSPS) is 9.94. The second-order valence-corrected chi connectivity index (χ2v) is 3.77. The number of rotatable bonds is 3. The zero-order chi connectivity index (χ0) is 12.1. The molecule has 0 radical (unpaired) electrons. The number of hydrogen-bond donors (Lipinski definition) is 2. The number of urea groups is 1. The van der Waals surface area contributed by atoms with Crippen LogP contribution in [0.25, 0.3) is 0 Å². The first-order valence-corrected chi connectivity index (χ1v) is 5.57. The molecule has 0 unspecified atom stereocenters. The second-order valence-electron chi connectivity index (χ2n) is 3.33. The first-order valence-electron chi connectivity index (χ1n) is 5.19. The molecule has 1 aromatic carbocycles. The SMILES string of the molecule is CCN(CC)C(=O)Nc1ccc(Cl)cc1N. The van der Waals surface area contributed by atoms with Crippen LogP contribution in [0.1, 0.15) is 13.8 Å². The zero-order valence-corrected chi connectivity index (χ0v) is 10.2. The van der Waals surface area contributed by atoms with E-state index in [0.29, 0.717) is 29.5 Å². The fourth-order valence-corrected chi connectivity index (χ4v) is 1.53. The van der Waals surface area contributed by atoms with E-state index in [0.717, 1.165) is 0 Å². The molecule has 0 saturated heterocycles. The molecule has 1 aromatic rings. The molecular formula is C11H16ClN3O. The summed E-state index contributed by atoms with van der Waals surface area (Å²) in [5.74, 6) is 0. The molecule has 88 valence electrons. The average Bonchev–Trinajstić information content (AvgIpc) is 2.24. The fraction of sp³-hybridized carbons (Fsp3) is 0.364. The summed E-state index contributed by atoms with van der Waals surface area (Å²) in [5, 5.41) is 3.30. The lowest BCUT2D eigenvalue weighted by atomic mass is 10.3. The van der Waals surface area contributed by atoms with Gasteiger partial charge in [-0.15, -0.1) is 0 Å². The van der Waals surface area contributed by atoms with Gasteiger partial charge >= 0.3 is 6.03 Å². The van der Waals surface area contributed by atoms with Gasteiger partial charge in [0.15, 0.2) is 0 Å². The topological polar surface area (TPSA) is 58.4 Å². The Morgan fingerprint density at radius 3 is 2.56 bits per heavy atom. The van der Waals surface area contributed by atoms with E-state index in [1.807, 2.05) is 13.8 Å². The number of benzene rings is 1. The summed E-state index contributed by atoms with van der Waals surface area (Å²) in [7, 11) is 0. The minimum Gasteiger partial charge on any atom is -0.397 e. The van der Waals surface area contributed by atoms with Gasteiger partial charge in [-0.25, -0.2) is 4.79 Å². The number of anilines is 2. The number of carbonyl (C=O) groups excluding carboxylic acids is 1. The summed E-state index contributed by atoms with van der Waals surface area (Å²) < 4.78 is 0. The summed E-state index contributed by atoms with van der Waals surface area (Å²) >= 11 is 5.77. The van der Waals surface area contributed by atoms with Gasteiger partial charge in [-0.1, -0.05) is 11.6 Å². The summed E-state index contributed by atoms with van der Waals surface area (Å²) in [4.78, 5) is 13.4. The summed E-state index contributed by atoms with van der Waals surface area (Å²) in [6.45, 7) is 5.17. The van der Waals surface area contributed by atoms with Crippen LogP contribution >= 0.6 is 11.6 Å². The molecule has 3 N–H and O–H groups in total. The van der Waals surface area contributed by atoms with Gasteiger partial charge in [-0.2, -0.15) is 0 Å². The average molecular weight is 242 g/mol. The third kappa shape index (κ3) is 3.03. The number of amides is 2. The highest BCUT2D eigenvalue weighted by atomic mass is 35.5. The number of nitrogens with two attached hydrogens (primary N) is 1. The predicted octanol–water partition coefficient (Wildman–Crippen LogP) is 2.80. The maximum absolute atomic E-state index is 11.7. The molecule has 0 saturated carbocycles. The molecule has 0 aliphatic heterocycles. The van der Waals surface area contributed by atoms with E-state index < -0.39 is 0 Å². The highest BCUT2D eigenvalue weighted by molar-refractivity contribution is 6.31. The van der Waals surface area contributed by atoms with Crippen molar-refractivity contribution in [2.75, 3.05) is 24.1 Å². The number of halogens is 1. The van der Waals surface area contributed by atoms with Crippen LogP contribution in [-0.4, -0.2) is 24.0 Å². The lowest BCUT2D eigenvalue weighted by Gasteiger charge is -2.19. The molecule has 0 aliphatic rings. The van der Waals surface area contributed by atoms with Gasteiger partial charge in [-0.3, -0.25) is 0 Å². The summed E-state index contributed by atoms with van der Waals surface area (Å²) in [6, 6.07) is 4.84. The number of carbonyl (C=O) groups is 1. The van der Waals surface area contributed by atoms with Crippen molar-refractivity contribution in [3.8, 4) is 0 Å². The molecule has 0 heterocycles. The highest BCUT2D eigenvalue weighted by Gasteiger charge is 2.10. The van der Waals surface area contributed by atoms with E-state index in [4.69, 9.17) is 17.3 Å². The first-order chi connectivity index (χ1) is 7.58. The predicted molar refractivity (Wildman–Crippen MR) is 67.8 cm³/mol. The largest absolute Gasteiger partial charge is 0.397 e. The fourth-order valence-electron chi connectivity index (χ4n) is 1.35. The Kier molecular flexibility index (Phi) is 4.43. The maximum Gasteiger partial charge on any atom is 0.321 e. The van der Waals surface area contributed by atoms with Crippen molar-refractivity contribution < 1.29 is 4.79 Å². The highest BCUT2D eigenvalue weighted by Crippen LogP contribution is 2.22. The number of hydrogen-bond acceptors (Lipinski definition) is 2. The Balaban J connectivity index is 2.76. The van der Waals surface area contributed by atoms with Gasteiger partial charge < -0.3 is 16.0 Å². The van der Waals surface area contributed by atoms with Crippen LogP contribution in [0.2, 0.25) is 5.02 Å². The van der Waals surface area contributed by atoms with Crippen LogP contribution in [0.4, 0.5) is 16.2 Å². The van der Waals surface area contributed by atoms with Crippen molar-refractivity contribution in [3.63, 3.8) is 0 Å². The van der Waals surface area contributed by atoms with Crippen LogP contribution in [0.3, 0.4) is 0 Å². The molecule has 0 atom stereocenters. The van der Waals surface area contributed by atoms with E-state index in [-0.39, 0.29) is 6.03 Å². The summed E-state index contributed by atoms with van der Waals surface area (Å²) in [5.41, 5.74) is 6.79.